The molecule has 8 heteroatoms. The van der Waals surface area contributed by atoms with Crippen molar-refractivity contribution < 1.29 is 19.0 Å². The molecule has 0 aliphatic rings. The van der Waals surface area contributed by atoms with E-state index in [1.54, 1.807) is 27.4 Å². The summed E-state index contributed by atoms with van der Waals surface area (Å²) in [4.78, 5) is 15.5. The first-order chi connectivity index (χ1) is 13.5. The minimum atomic E-state index is -0.0849. The lowest BCUT2D eigenvalue weighted by atomic mass is 10.1. The number of amides is 1. The summed E-state index contributed by atoms with van der Waals surface area (Å²) >= 11 is 7.50. The number of nitrogens with zero attached hydrogens (tertiary/aromatic N) is 1. The summed E-state index contributed by atoms with van der Waals surface area (Å²) in [5, 5.41) is 2.93. The molecule has 6 nitrogen and oxygen atoms in total. The molecule has 28 heavy (non-hydrogen) atoms. The zero-order chi connectivity index (χ0) is 20.5. The number of halogens is 1. The molecule has 1 N–H and O–H groups in total. The molecule has 1 heterocycles. The van der Waals surface area contributed by atoms with Crippen LogP contribution in [0, 0.1) is 0 Å². The van der Waals surface area contributed by atoms with Gasteiger partial charge >= 0.3 is 0 Å². The van der Waals surface area contributed by atoms with Gasteiger partial charge in [-0.25, -0.2) is 0 Å². The molecule has 0 bridgehead atoms. The van der Waals surface area contributed by atoms with Gasteiger partial charge in [0.25, 0.3) is 0 Å². The van der Waals surface area contributed by atoms with Gasteiger partial charge in [-0.05, 0) is 29.8 Å². The van der Waals surface area contributed by atoms with Crippen LogP contribution in [0.25, 0.3) is 0 Å². The second kappa shape index (κ2) is 10.9. The molecule has 1 aromatic heterocycles. The van der Waals surface area contributed by atoms with Crippen molar-refractivity contribution in [2.24, 2.45) is 0 Å². The maximum absolute atomic E-state index is 12.4. The Morgan fingerprint density at radius 2 is 1.89 bits per heavy atom. The van der Waals surface area contributed by atoms with E-state index < -0.39 is 0 Å². The first kappa shape index (κ1) is 22.1. The number of nitrogens with one attached hydrogen (secondary N) is 1. The van der Waals surface area contributed by atoms with Gasteiger partial charge in [-0.3, -0.25) is 9.69 Å². The maximum atomic E-state index is 12.4. The van der Waals surface area contributed by atoms with E-state index >= 15 is 0 Å². The number of thiophene rings is 1. The average Bonchev–Trinajstić information content (AvgIpc) is 3.10. The summed E-state index contributed by atoms with van der Waals surface area (Å²) in [6, 6.07) is 7.46. The molecular formula is C20H25ClN2O4S. The number of methoxy groups -OCH3 is 3. The van der Waals surface area contributed by atoms with E-state index in [1.165, 1.54) is 11.3 Å². The van der Waals surface area contributed by atoms with Gasteiger partial charge in [0.1, 0.15) is 0 Å². The van der Waals surface area contributed by atoms with Crippen LogP contribution < -0.4 is 19.5 Å². The maximum Gasteiger partial charge on any atom is 0.234 e. The summed E-state index contributed by atoms with van der Waals surface area (Å²) in [7, 11) is 4.67. The fourth-order valence-corrected chi connectivity index (χ4v) is 3.85. The topological polar surface area (TPSA) is 60.0 Å². The van der Waals surface area contributed by atoms with E-state index in [2.05, 4.69) is 11.9 Å². The second-order valence-electron chi connectivity index (χ2n) is 5.97. The third-order valence-electron chi connectivity index (χ3n) is 3.98. The molecule has 0 radical (unpaired) electrons. The highest BCUT2D eigenvalue weighted by Gasteiger charge is 2.15. The van der Waals surface area contributed by atoms with Crippen LogP contribution >= 0.6 is 22.9 Å². The van der Waals surface area contributed by atoms with Gasteiger partial charge in [0.2, 0.25) is 11.7 Å². The Morgan fingerprint density at radius 1 is 1.21 bits per heavy atom. The Kier molecular flexibility index (Phi) is 8.63. The first-order valence-electron chi connectivity index (χ1n) is 8.63. The Labute approximate surface area is 174 Å². The quantitative estimate of drug-likeness (QED) is 0.557. The minimum Gasteiger partial charge on any atom is -0.493 e. The fraction of sp³-hybridized carbons (Fsp3) is 0.350. The molecular weight excluding hydrogens is 400 g/mol. The van der Waals surface area contributed by atoms with Crippen LogP contribution in [0.15, 0.2) is 36.9 Å². The highest BCUT2D eigenvalue weighted by Crippen LogP contribution is 2.38. The lowest BCUT2D eigenvalue weighted by Crippen LogP contribution is -2.36. The Bertz CT molecular complexity index is 784. The summed E-state index contributed by atoms with van der Waals surface area (Å²) in [5.41, 5.74) is 0.850. The van der Waals surface area contributed by atoms with Gasteiger partial charge in [0, 0.05) is 24.5 Å². The Morgan fingerprint density at radius 3 is 2.39 bits per heavy atom. The molecule has 1 aromatic carbocycles. The van der Waals surface area contributed by atoms with Gasteiger partial charge in [0.15, 0.2) is 11.5 Å². The zero-order valence-electron chi connectivity index (χ0n) is 16.3. The number of hydrogen-bond donors (Lipinski definition) is 1. The molecule has 2 aromatic rings. The lowest BCUT2D eigenvalue weighted by Gasteiger charge is -2.19. The van der Waals surface area contributed by atoms with Crippen LogP contribution in [-0.4, -0.2) is 45.2 Å². The number of rotatable bonds is 11. The van der Waals surface area contributed by atoms with Crippen molar-refractivity contribution in [3.05, 3.63) is 51.7 Å². The third kappa shape index (κ3) is 6.15. The molecule has 0 unspecified atom stereocenters. The van der Waals surface area contributed by atoms with Crippen molar-refractivity contribution in [3.63, 3.8) is 0 Å². The van der Waals surface area contributed by atoms with Gasteiger partial charge in [-0.1, -0.05) is 17.7 Å². The van der Waals surface area contributed by atoms with Crippen LogP contribution in [0.5, 0.6) is 17.2 Å². The predicted octanol–water partition coefficient (Wildman–Crippen LogP) is 3.73. The van der Waals surface area contributed by atoms with E-state index in [9.17, 15) is 4.79 Å². The lowest BCUT2D eigenvalue weighted by molar-refractivity contribution is -0.122. The SMILES string of the molecule is C=CCN(CC(=O)NCc1cc(OC)c(OC)c(OC)c1)Cc1ccc(Cl)s1. The molecule has 0 saturated carbocycles. The normalized spacial score (nSPS) is 10.6. The second-order valence-corrected chi connectivity index (χ2v) is 7.77. The monoisotopic (exact) mass is 424 g/mol. The summed E-state index contributed by atoms with van der Waals surface area (Å²) in [6.45, 7) is 5.62. The standard InChI is InChI=1S/C20H25ClN2O4S/c1-5-8-23(12-15-6-7-18(21)28-15)13-19(24)22-11-14-9-16(25-2)20(27-4)17(10-14)26-3/h5-7,9-10H,1,8,11-13H2,2-4H3,(H,22,24). The van der Waals surface area contributed by atoms with Crippen LogP contribution in [-0.2, 0) is 17.9 Å². The molecule has 0 aliphatic carbocycles. The molecule has 0 saturated heterocycles. The average molecular weight is 425 g/mol. The van der Waals surface area contributed by atoms with E-state index in [4.69, 9.17) is 25.8 Å². The van der Waals surface area contributed by atoms with Crippen LogP contribution in [0.2, 0.25) is 4.34 Å². The van der Waals surface area contributed by atoms with E-state index in [1.807, 2.05) is 29.2 Å². The fourth-order valence-electron chi connectivity index (χ4n) is 2.72. The van der Waals surface area contributed by atoms with Crippen molar-refractivity contribution in [2.75, 3.05) is 34.4 Å². The van der Waals surface area contributed by atoms with Gasteiger partial charge in [-0.2, -0.15) is 0 Å². The van der Waals surface area contributed by atoms with Crippen molar-refractivity contribution in [1.29, 1.82) is 0 Å². The number of carbonyl (C=O) groups excluding carboxylic acids is 1. The van der Waals surface area contributed by atoms with Crippen molar-refractivity contribution in [3.8, 4) is 17.2 Å². The van der Waals surface area contributed by atoms with Crippen LogP contribution in [0.4, 0.5) is 0 Å². The first-order valence-corrected chi connectivity index (χ1v) is 9.83. The minimum absolute atomic E-state index is 0.0849. The van der Waals surface area contributed by atoms with Crippen molar-refractivity contribution >= 4 is 28.8 Å². The van der Waals surface area contributed by atoms with Crippen LogP contribution in [0.1, 0.15) is 10.4 Å². The highest BCUT2D eigenvalue weighted by molar-refractivity contribution is 7.16. The Hall–Kier alpha value is -2.22. The molecule has 2 rings (SSSR count). The molecule has 152 valence electrons. The van der Waals surface area contributed by atoms with Gasteiger partial charge < -0.3 is 19.5 Å². The highest BCUT2D eigenvalue weighted by atomic mass is 35.5. The molecule has 0 aliphatic heterocycles. The van der Waals surface area contributed by atoms with Crippen molar-refractivity contribution in [1.82, 2.24) is 10.2 Å². The smallest absolute Gasteiger partial charge is 0.234 e. The zero-order valence-corrected chi connectivity index (χ0v) is 17.9. The summed E-state index contributed by atoms with van der Waals surface area (Å²) < 4.78 is 16.7. The summed E-state index contributed by atoms with van der Waals surface area (Å²) in [6.07, 6.45) is 1.78. The molecule has 0 fully saturated rings. The van der Waals surface area contributed by atoms with E-state index in [-0.39, 0.29) is 12.5 Å². The van der Waals surface area contributed by atoms with Crippen LogP contribution in [0.3, 0.4) is 0 Å². The molecule has 1 amide bonds. The number of benzene rings is 1. The molecule has 0 spiro atoms. The van der Waals surface area contributed by atoms with E-state index in [0.29, 0.717) is 36.9 Å². The van der Waals surface area contributed by atoms with Gasteiger partial charge in [-0.15, -0.1) is 17.9 Å². The predicted molar refractivity (Wildman–Crippen MR) is 113 cm³/mol. The number of hydrogen-bond acceptors (Lipinski definition) is 6. The Balaban J connectivity index is 1.99. The van der Waals surface area contributed by atoms with Crippen molar-refractivity contribution in [2.45, 2.75) is 13.1 Å². The van der Waals surface area contributed by atoms with Gasteiger partial charge in [0.05, 0.1) is 32.2 Å². The number of carbonyl (C=O) groups is 1. The third-order valence-corrected chi connectivity index (χ3v) is 5.19. The van der Waals surface area contributed by atoms with E-state index in [0.717, 1.165) is 14.8 Å². The number of ether oxygens (including phenoxy) is 3. The molecule has 0 atom stereocenters. The summed E-state index contributed by atoms with van der Waals surface area (Å²) in [5.74, 6) is 1.54. The largest absolute Gasteiger partial charge is 0.493 e.